The number of aromatic carboxylic acids is 1. The summed E-state index contributed by atoms with van der Waals surface area (Å²) in [6, 6.07) is 12.3. The van der Waals surface area contributed by atoms with E-state index in [2.05, 4.69) is 6.58 Å². The molecular formula is C23H20O5. The van der Waals surface area contributed by atoms with Crippen molar-refractivity contribution in [2.24, 2.45) is 0 Å². The van der Waals surface area contributed by atoms with Gasteiger partial charge in [-0.15, -0.1) is 6.58 Å². The maximum Gasteiger partial charge on any atom is 0.335 e. The first-order chi connectivity index (χ1) is 13.5. The lowest BCUT2D eigenvalue weighted by Gasteiger charge is -2.11. The Labute approximate surface area is 161 Å². The molecule has 1 saturated carbocycles. The van der Waals surface area contributed by atoms with Gasteiger partial charge in [0, 0.05) is 11.5 Å². The van der Waals surface area contributed by atoms with E-state index in [1.807, 2.05) is 24.3 Å². The molecule has 0 spiro atoms. The van der Waals surface area contributed by atoms with Gasteiger partial charge in [-0.25, -0.2) is 4.79 Å². The molecule has 3 aromatic rings. The van der Waals surface area contributed by atoms with Crippen LogP contribution in [0.1, 0.15) is 45.5 Å². The highest BCUT2D eigenvalue weighted by molar-refractivity contribution is 5.92. The normalized spacial score (nSPS) is 18.0. The lowest BCUT2D eigenvalue weighted by Crippen LogP contribution is -2.13. The highest BCUT2D eigenvalue weighted by Crippen LogP contribution is 2.57. The topological polar surface area (TPSA) is 76.7 Å². The van der Waals surface area contributed by atoms with Gasteiger partial charge in [-0.1, -0.05) is 24.3 Å². The lowest BCUT2D eigenvalue weighted by atomic mass is 10.0. The van der Waals surface area contributed by atoms with Gasteiger partial charge in [0.05, 0.1) is 18.1 Å². The van der Waals surface area contributed by atoms with Gasteiger partial charge in [0.1, 0.15) is 17.1 Å². The molecule has 1 heterocycles. The summed E-state index contributed by atoms with van der Waals surface area (Å²) in [7, 11) is 1.65. The lowest BCUT2D eigenvalue weighted by molar-refractivity contribution is 0.0697. The first kappa shape index (κ1) is 18.0. The number of hydrogen-bond donors (Lipinski definition) is 1. The van der Waals surface area contributed by atoms with E-state index in [4.69, 9.17) is 9.15 Å². The molecule has 0 bridgehead atoms. The van der Waals surface area contributed by atoms with Crippen LogP contribution in [0.5, 0.6) is 5.75 Å². The van der Waals surface area contributed by atoms with Gasteiger partial charge in [0.15, 0.2) is 5.43 Å². The predicted octanol–water partition coefficient (Wildman–Crippen LogP) is 4.50. The van der Waals surface area contributed by atoms with Crippen molar-refractivity contribution in [1.82, 2.24) is 0 Å². The summed E-state index contributed by atoms with van der Waals surface area (Å²) in [5, 5.41) is 9.50. The summed E-state index contributed by atoms with van der Waals surface area (Å²) in [6.45, 7) is 3.75. The highest BCUT2D eigenvalue weighted by Gasteiger charge is 2.44. The van der Waals surface area contributed by atoms with Crippen molar-refractivity contribution >= 4 is 16.9 Å². The number of carboxylic acids is 1. The molecule has 5 heteroatoms. The summed E-state index contributed by atoms with van der Waals surface area (Å²) in [4.78, 5) is 24.3. The van der Waals surface area contributed by atoms with E-state index in [-0.39, 0.29) is 28.2 Å². The molecule has 0 aliphatic heterocycles. The van der Waals surface area contributed by atoms with Crippen LogP contribution in [0.4, 0.5) is 0 Å². The summed E-state index contributed by atoms with van der Waals surface area (Å²) >= 11 is 0. The maximum atomic E-state index is 13.1. The van der Waals surface area contributed by atoms with Gasteiger partial charge in [0.25, 0.3) is 0 Å². The van der Waals surface area contributed by atoms with Gasteiger partial charge in [-0.2, -0.15) is 0 Å². The van der Waals surface area contributed by atoms with E-state index in [0.29, 0.717) is 23.3 Å². The summed E-state index contributed by atoms with van der Waals surface area (Å²) in [5.74, 6) is 0.723. The number of methoxy groups -OCH3 is 1. The van der Waals surface area contributed by atoms with E-state index >= 15 is 0 Å². The van der Waals surface area contributed by atoms with Crippen molar-refractivity contribution in [1.29, 1.82) is 0 Å². The minimum atomic E-state index is -1.07. The van der Waals surface area contributed by atoms with E-state index in [0.717, 1.165) is 17.7 Å². The fourth-order valence-corrected chi connectivity index (χ4v) is 3.82. The number of para-hydroxylation sites is 1. The number of hydrogen-bond acceptors (Lipinski definition) is 4. The number of carbonyl (C=O) groups is 1. The second-order valence-corrected chi connectivity index (χ2v) is 6.97. The van der Waals surface area contributed by atoms with Crippen LogP contribution in [0, 0.1) is 0 Å². The molecule has 1 aliphatic carbocycles. The van der Waals surface area contributed by atoms with Gasteiger partial charge in [-0.05, 0) is 48.6 Å². The SMILES string of the molecule is C=CCc1c(C2CC2c2ccccc2OC)oc2ccc(C(=O)O)cc2c1=O. The molecule has 1 aliphatic rings. The zero-order valence-electron chi connectivity index (χ0n) is 15.5. The third-order valence-electron chi connectivity index (χ3n) is 5.28. The number of carboxylic acid groups (broad SMARTS) is 1. The van der Waals surface area contributed by atoms with Gasteiger partial charge in [0.2, 0.25) is 0 Å². The first-order valence-corrected chi connectivity index (χ1v) is 9.12. The van der Waals surface area contributed by atoms with E-state index in [9.17, 15) is 14.7 Å². The van der Waals surface area contributed by atoms with Crippen molar-refractivity contribution in [3.63, 3.8) is 0 Å². The number of fused-ring (bicyclic) bond motifs is 1. The van der Waals surface area contributed by atoms with Gasteiger partial charge < -0.3 is 14.3 Å². The average molecular weight is 376 g/mol. The van der Waals surface area contributed by atoms with E-state index in [1.54, 1.807) is 19.3 Å². The molecule has 28 heavy (non-hydrogen) atoms. The Morgan fingerprint density at radius 3 is 2.79 bits per heavy atom. The van der Waals surface area contributed by atoms with Crippen LogP contribution in [-0.4, -0.2) is 18.2 Å². The van der Waals surface area contributed by atoms with Crippen molar-refractivity contribution in [3.05, 3.63) is 87.8 Å². The summed E-state index contributed by atoms with van der Waals surface area (Å²) < 4.78 is 11.6. The first-order valence-electron chi connectivity index (χ1n) is 9.12. The van der Waals surface area contributed by atoms with E-state index < -0.39 is 5.97 Å². The van der Waals surface area contributed by atoms with Crippen LogP contribution in [0.25, 0.3) is 11.0 Å². The molecule has 1 aromatic heterocycles. The smallest absolute Gasteiger partial charge is 0.335 e. The quantitative estimate of drug-likeness (QED) is 0.641. The van der Waals surface area contributed by atoms with Crippen LogP contribution in [0.2, 0.25) is 0 Å². The summed E-state index contributed by atoms with van der Waals surface area (Å²) in [6.07, 6.45) is 2.91. The molecule has 142 valence electrons. The molecule has 1 N–H and O–H groups in total. The fraction of sp³-hybridized carbons (Fsp3) is 0.217. The van der Waals surface area contributed by atoms with Crippen LogP contribution in [-0.2, 0) is 6.42 Å². The Morgan fingerprint density at radius 2 is 2.07 bits per heavy atom. The molecule has 2 unspecified atom stereocenters. The molecule has 2 atom stereocenters. The van der Waals surface area contributed by atoms with E-state index in [1.165, 1.54) is 12.1 Å². The number of ether oxygens (including phenoxy) is 1. The largest absolute Gasteiger partial charge is 0.496 e. The molecule has 1 fully saturated rings. The molecule has 0 saturated heterocycles. The average Bonchev–Trinajstić information content (AvgIpc) is 3.50. The molecule has 0 radical (unpaired) electrons. The Hall–Kier alpha value is -3.34. The van der Waals surface area contributed by atoms with Crippen molar-refractivity contribution in [3.8, 4) is 5.75 Å². The molecule has 0 amide bonds. The van der Waals surface area contributed by atoms with Gasteiger partial charge >= 0.3 is 5.97 Å². The third kappa shape index (κ3) is 2.99. The zero-order valence-corrected chi connectivity index (χ0v) is 15.5. The fourth-order valence-electron chi connectivity index (χ4n) is 3.82. The summed E-state index contributed by atoms with van der Waals surface area (Å²) in [5.41, 5.74) is 1.93. The molecule has 5 nitrogen and oxygen atoms in total. The van der Waals surface area contributed by atoms with Crippen molar-refractivity contribution in [2.75, 3.05) is 7.11 Å². The number of rotatable bonds is 6. The third-order valence-corrected chi connectivity index (χ3v) is 5.28. The Morgan fingerprint density at radius 1 is 1.29 bits per heavy atom. The number of benzene rings is 2. The van der Waals surface area contributed by atoms with Crippen LogP contribution in [0.15, 0.2) is 64.3 Å². The molecule has 4 rings (SSSR count). The highest BCUT2D eigenvalue weighted by atomic mass is 16.5. The monoisotopic (exact) mass is 376 g/mol. The second kappa shape index (κ2) is 7.00. The van der Waals surface area contributed by atoms with Crippen LogP contribution in [0.3, 0.4) is 0 Å². The second-order valence-electron chi connectivity index (χ2n) is 6.97. The minimum Gasteiger partial charge on any atom is -0.496 e. The molecule has 2 aromatic carbocycles. The predicted molar refractivity (Wildman–Crippen MR) is 106 cm³/mol. The Balaban J connectivity index is 1.82. The van der Waals surface area contributed by atoms with Crippen molar-refractivity contribution < 1.29 is 19.1 Å². The van der Waals surface area contributed by atoms with Crippen LogP contribution < -0.4 is 10.2 Å². The van der Waals surface area contributed by atoms with Crippen LogP contribution >= 0.6 is 0 Å². The Kier molecular flexibility index (Phi) is 4.51. The van der Waals surface area contributed by atoms with Gasteiger partial charge in [-0.3, -0.25) is 4.79 Å². The minimum absolute atomic E-state index is 0.0652. The standard InChI is InChI=1S/C23H20O5/c1-3-6-15-21(24)18-11-13(23(25)26)9-10-20(18)28-22(15)17-12-16(17)14-7-4-5-8-19(14)27-2/h3-5,7-11,16-17H,1,6,12H2,2H3,(H,25,26). The van der Waals surface area contributed by atoms with Crippen molar-refractivity contribution in [2.45, 2.75) is 24.7 Å². The maximum absolute atomic E-state index is 13.1. The molecular weight excluding hydrogens is 356 g/mol. The zero-order chi connectivity index (χ0) is 19.8. The Bertz CT molecular complexity index is 1140. The number of allylic oxidation sites excluding steroid dienone is 1.